The van der Waals surface area contributed by atoms with E-state index in [1.165, 1.54) is 11.3 Å². The number of amides is 2. The van der Waals surface area contributed by atoms with Gasteiger partial charge in [0.15, 0.2) is 0 Å². The highest BCUT2D eigenvalue weighted by molar-refractivity contribution is 7.15. The van der Waals surface area contributed by atoms with Crippen LogP contribution in [0.2, 0.25) is 0 Å². The summed E-state index contributed by atoms with van der Waals surface area (Å²) in [4.78, 5) is 25.9. The molecule has 122 valence electrons. The van der Waals surface area contributed by atoms with E-state index in [2.05, 4.69) is 29.4 Å². The second kappa shape index (κ2) is 7.17. The van der Waals surface area contributed by atoms with Gasteiger partial charge in [-0.1, -0.05) is 25.2 Å². The average Bonchev–Trinajstić information content (AvgIpc) is 3.07. The Morgan fingerprint density at radius 3 is 2.59 bits per heavy atom. The van der Waals surface area contributed by atoms with Crippen molar-refractivity contribution in [2.24, 2.45) is 5.92 Å². The van der Waals surface area contributed by atoms with Crippen LogP contribution in [0, 0.1) is 5.92 Å². The van der Waals surface area contributed by atoms with Crippen LogP contribution in [0.3, 0.4) is 0 Å². The van der Waals surface area contributed by atoms with Crippen molar-refractivity contribution in [3.8, 4) is 0 Å². The Morgan fingerprint density at radius 2 is 2.05 bits per heavy atom. The lowest BCUT2D eigenvalue weighted by atomic mass is 10.1. The van der Waals surface area contributed by atoms with Gasteiger partial charge in [0.05, 0.1) is 5.92 Å². The van der Waals surface area contributed by atoms with Gasteiger partial charge in [-0.2, -0.15) is 0 Å². The minimum absolute atomic E-state index is 0.0464. The predicted molar refractivity (Wildman–Crippen MR) is 86.8 cm³/mol. The smallest absolute Gasteiger partial charge is 0.231 e. The molecule has 1 N–H and O–H groups in total. The first kappa shape index (κ1) is 16.9. The van der Waals surface area contributed by atoms with Crippen LogP contribution in [0.1, 0.15) is 57.9 Å². The van der Waals surface area contributed by atoms with Crippen molar-refractivity contribution in [2.45, 2.75) is 58.9 Å². The molecule has 0 saturated carbocycles. The van der Waals surface area contributed by atoms with Crippen molar-refractivity contribution in [1.82, 2.24) is 15.1 Å². The Morgan fingerprint density at radius 1 is 1.36 bits per heavy atom. The van der Waals surface area contributed by atoms with Gasteiger partial charge in [0.25, 0.3) is 0 Å². The van der Waals surface area contributed by atoms with Crippen LogP contribution in [-0.4, -0.2) is 39.5 Å². The first-order chi connectivity index (χ1) is 10.5. The second-order valence-electron chi connectivity index (χ2n) is 5.99. The highest BCUT2D eigenvalue weighted by Gasteiger charge is 2.35. The van der Waals surface area contributed by atoms with Crippen molar-refractivity contribution in [1.29, 1.82) is 0 Å². The van der Waals surface area contributed by atoms with Gasteiger partial charge in [0.2, 0.25) is 16.9 Å². The van der Waals surface area contributed by atoms with E-state index in [9.17, 15) is 9.59 Å². The number of hydrogen-bond acceptors (Lipinski definition) is 5. The third kappa shape index (κ3) is 3.63. The van der Waals surface area contributed by atoms with Gasteiger partial charge in [0.1, 0.15) is 5.01 Å². The van der Waals surface area contributed by atoms with E-state index in [0.717, 1.165) is 17.8 Å². The fraction of sp³-hybridized carbons (Fsp3) is 0.733. The Bertz CT molecular complexity index is 539. The molecule has 0 aromatic carbocycles. The third-order valence-electron chi connectivity index (χ3n) is 4.16. The molecule has 1 aromatic rings. The Labute approximate surface area is 135 Å². The van der Waals surface area contributed by atoms with Gasteiger partial charge in [-0.05, 0) is 26.7 Å². The molecule has 0 radical (unpaired) electrons. The molecule has 1 aromatic heterocycles. The molecule has 0 unspecified atom stereocenters. The molecule has 0 aliphatic carbocycles. The Hall–Kier alpha value is -1.50. The van der Waals surface area contributed by atoms with Crippen molar-refractivity contribution in [3.05, 3.63) is 5.01 Å². The summed E-state index contributed by atoms with van der Waals surface area (Å²) in [7, 11) is 0. The highest BCUT2D eigenvalue weighted by Crippen LogP contribution is 2.29. The normalized spacial score (nSPS) is 18.5. The second-order valence-corrected chi connectivity index (χ2v) is 7.00. The number of hydrogen-bond donors (Lipinski definition) is 1. The number of aromatic nitrogens is 2. The van der Waals surface area contributed by atoms with E-state index in [0.29, 0.717) is 17.6 Å². The predicted octanol–water partition coefficient (Wildman–Crippen LogP) is 2.64. The van der Waals surface area contributed by atoms with Crippen LogP contribution in [0.4, 0.5) is 5.13 Å². The molecule has 22 heavy (non-hydrogen) atoms. The largest absolute Gasteiger partial charge is 0.339 e. The summed E-state index contributed by atoms with van der Waals surface area (Å²) in [5.41, 5.74) is 0. The fourth-order valence-electron chi connectivity index (χ4n) is 2.70. The van der Waals surface area contributed by atoms with Crippen LogP contribution < -0.4 is 5.32 Å². The minimum Gasteiger partial charge on any atom is -0.339 e. The summed E-state index contributed by atoms with van der Waals surface area (Å²) in [6.07, 6.45) is 2.31. The zero-order valence-corrected chi connectivity index (χ0v) is 14.4. The number of carbonyl (C=O) groups is 2. The molecule has 2 rings (SSSR count). The summed E-state index contributed by atoms with van der Waals surface area (Å²) in [5.74, 6) is 0.0110. The van der Waals surface area contributed by atoms with Crippen LogP contribution in [-0.2, 0) is 9.59 Å². The van der Waals surface area contributed by atoms with Gasteiger partial charge in [-0.3, -0.25) is 9.59 Å². The van der Waals surface area contributed by atoms with Crippen LogP contribution in [0.25, 0.3) is 0 Å². The molecule has 1 saturated heterocycles. The number of rotatable bonds is 6. The maximum Gasteiger partial charge on any atom is 0.231 e. The summed E-state index contributed by atoms with van der Waals surface area (Å²) in [5, 5.41) is 12.5. The molecule has 2 heterocycles. The topological polar surface area (TPSA) is 75.2 Å². The monoisotopic (exact) mass is 324 g/mol. The van der Waals surface area contributed by atoms with E-state index in [4.69, 9.17) is 0 Å². The molecule has 2 amide bonds. The maximum atomic E-state index is 12.3. The summed E-state index contributed by atoms with van der Waals surface area (Å²) < 4.78 is 0. The maximum absolute atomic E-state index is 12.3. The van der Waals surface area contributed by atoms with Gasteiger partial charge in [0, 0.05) is 24.9 Å². The quantitative estimate of drug-likeness (QED) is 0.873. The summed E-state index contributed by atoms with van der Waals surface area (Å²) in [6.45, 7) is 8.66. The first-order valence-corrected chi connectivity index (χ1v) is 8.71. The molecular weight excluding hydrogens is 300 g/mol. The standard InChI is InChI=1S/C15H24N4O2S/c1-5-10(6-2)14-17-18-15(22-14)16-13(21)11-7-12(20)19(8-11)9(3)4/h9-11H,5-8H2,1-4H3,(H,16,18,21)/t11-/m1/s1. The van der Waals surface area contributed by atoms with Crippen molar-refractivity contribution < 1.29 is 9.59 Å². The third-order valence-corrected chi connectivity index (χ3v) is 5.16. The van der Waals surface area contributed by atoms with Crippen molar-refractivity contribution in [3.63, 3.8) is 0 Å². The number of nitrogens with zero attached hydrogens (tertiary/aromatic N) is 3. The molecule has 1 fully saturated rings. The molecule has 0 bridgehead atoms. The van der Waals surface area contributed by atoms with Crippen LogP contribution in [0.15, 0.2) is 0 Å². The Balaban J connectivity index is 1.97. The molecule has 1 aliphatic heterocycles. The number of nitrogens with one attached hydrogen (secondary N) is 1. The van der Waals surface area contributed by atoms with E-state index in [-0.39, 0.29) is 30.2 Å². The van der Waals surface area contributed by atoms with Gasteiger partial charge >= 0.3 is 0 Å². The first-order valence-electron chi connectivity index (χ1n) is 7.89. The zero-order valence-electron chi connectivity index (χ0n) is 13.6. The molecular formula is C15H24N4O2S. The van der Waals surface area contributed by atoms with E-state index in [1.54, 1.807) is 4.90 Å². The molecule has 0 spiro atoms. The average molecular weight is 324 g/mol. The van der Waals surface area contributed by atoms with Crippen LogP contribution in [0.5, 0.6) is 0 Å². The highest BCUT2D eigenvalue weighted by atomic mass is 32.1. The molecule has 1 atom stereocenters. The number of likely N-dealkylation sites (tertiary alicyclic amines) is 1. The fourth-order valence-corrected chi connectivity index (χ4v) is 3.71. The number of anilines is 1. The van der Waals surface area contributed by atoms with Gasteiger partial charge in [-0.25, -0.2) is 0 Å². The number of carbonyl (C=O) groups excluding carboxylic acids is 2. The zero-order chi connectivity index (χ0) is 16.3. The van der Waals surface area contributed by atoms with E-state index in [1.807, 2.05) is 13.8 Å². The van der Waals surface area contributed by atoms with E-state index >= 15 is 0 Å². The lowest BCUT2D eigenvalue weighted by Crippen LogP contribution is -2.33. The summed E-state index contributed by atoms with van der Waals surface area (Å²) >= 11 is 1.43. The minimum atomic E-state index is -0.296. The van der Waals surface area contributed by atoms with Gasteiger partial charge < -0.3 is 10.2 Å². The Kier molecular flexibility index (Phi) is 5.50. The summed E-state index contributed by atoms with van der Waals surface area (Å²) in [6, 6.07) is 0.133. The molecule has 7 heteroatoms. The molecule has 6 nitrogen and oxygen atoms in total. The van der Waals surface area contributed by atoms with Gasteiger partial charge in [-0.15, -0.1) is 10.2 Å². The molecule has 1 aliphatic rings. The lowest BCUT2D eigenvalue weighted by molar-refractivity contribution is -0.129. The lowest BCUT2D eigenvalue weighted by Gasteiger charge is -2.20. The van der Waals surface area contributed by atoms with E-state index < -0.39 is 0 Å². The van der Waals surface area contributed by atoms with Crippen molar-refractivity contribution >= 4 is 28.3 Å². The van der Waals surface area contributed by atoms with Crippen molar-refractivity contribution in [2.75, 3.05) is 11.9 Å². The van der Waals surface area contributed by atoms with Crippen LogP contribution >= 0.6 is 11.3 Å². The SMILES string of the molecule is CCC(CC)c1nnc(NC(=O)[C@@H]2CC(=O)N(C(C)C)C2)s1.